The number of carbonyl (C=O) groups excluding carboxylic acids is 1. The Bertz CT molecular complexity index is 329. The SMILES string of the molecule is CSCN(C)C(=O)Nc1ccc(Cl)cc1. The lowest BCUT2D eigenvalue weighted by Crippen LogP contribution is -2.30. The Morgan fingerprint density at radius 3 is 2.60 bits per heavy atom. The van der Waals surface area contributed by atoms with E-state index in [0.29, 0.717) is 10.9 Å². The number of thioether (sulfide) groups is 1. The molecule has 1 rings (SSSR count). The van der Waals surface area contributed by atoms with Gasteiger partial charge in [-0.1, -0.05) is 11.6 Å². The highest BCUT2D eigenvalue weighted by molar-refractivity contribution is 7.98. The number of anilines is 1. The minimum atomic E-state index is -0.119. The highest BCUT2D eigenvalue weighted by Crippen LogP contribution is 2.13. The first-order chi connectivity index (χ1) is 7.13. The van der Waals surface area contributed by atoms with Crippen LogP contribution in [0.15, 0.2) is 24.3 Å². The van der Waals surface area contributed by atoms with Crippen LogP contribution in [0.3, 0.4) is 0 Å². The summed E-state index contributed by atoms with van der Waals surface area (Å²) in [4.78, 5) is 13.2. The van der Waals surface area contributed by atoms with Crippen molar-refractivity contribution in [1.29, 1.82) is 0 Å². The van der Waals surface area contributed by atoms with Gasteiger partial charge in [0, 0.05) is 17.8 Å². The third-order valence-corrected chi connectivity index (χ3v) is 2.66. The van der Waals surface area contributed by atoms with Gasteiger partial charge in [0.2, 0.25) is 0 Å². The highest BCUT2D eigenvalue weighted by atomic mass is 35.5. The van der Waals surface area contributed by atoms with E-state index in [1.165, 1.54) is 0 Å². The predicted molar refractivity (Wildman–Crippen MR) is 66.6 cm³/mol. The maximum absolute atomic E-state index is 11.6. The van der Waals surface area contributed by atoms with Crippen LogP contribution in [0.2, 0.25) is 5.02 Å². The smallest absolute Gasteiger partial charge is 0.318 e. The Kier molecular flexibility index (Phi) is 4.78. The summed E-state index contributed by atoms with van der Waals surface area (Å²) in [6, 6.07) is 6.91. The number of rotatable bonds is 3. The number of benzene rings is 1. The summed E-state index contributed by atoms with van der Waals surface area (Å²) < 4.78 is 0. The van der Waals surface area contributed by atoms with Crippen molar-refractivity contribution in [2.24, 2.45) is 0 Å². The van der Waals surface area contributed by atoms with Crippen LogP contribution < -0.4 is 5.32 Å². The van der Waals surface area contributed by atoms with Crippen LogP contribution in [0.25, 0.3) is 0 Å². The highest BCUT2D eigenvalue weighted by Gasteiger charge is 2.06. The first-order valence-corrected chi connectivity index (χ1v) is 6.17. The Morgan fingerprint density at radius 2 is 2.07 bits per heavy atom. The molecule has 3 nitrogen and oxygen atoms in total. The lowest BCUT2D eigenvalue weighted by atomic mass is 10.3. The minimum absolute atomic E-state index is 0.119. The number of carbonyl (C=O) groups is 1. The van der Waals surface area contributed by atoms with E-state index in [2.05, 4.69) is 5.32 Å². The zero-order valence-corrected chi connectivity index (χ0v) is 10.2. The van der Waals surface area contributed by atoms with Crippen LogP contribution in [0.5, 0.6) is 0 Å². The summed E-state index contributed by atoms with van der Waals surface area (Å²) in [5.41, 5.74) is 0.748. The van der Waals surface area contributed by atoms with Crippen molar-refractivity contribution in [1.82, 2.24) is 4.90 Å². The van der Waals surface area contributed by atoms with E-state index >= 15 is 0 Å². The first kappa shape index (κ1) is 12.2. The molecular formula is C10H13ClN2OS. The Balaban J connectivity index is 2.54. The fourth-order valence-corrected chi connectivity index (χ4v) is 1.63. The van der Waals surface area contributed by atoms with Crippen molar-refractivity contribution in [3.63, 3.8) is 0 Å². The van der Waals surface area contributed by atoms with E-state index in [9.17, 15) is 4.79 Å². The number of hydrogen-bond donors (Lipinski definition) is 1. The standard InChI is InChI=1S/C10H13ClN2OS/c1-13(7-15-2)10(14)12-9-5-3-8(11)4-6-9/h3-6H,7H2,1-2H3,(H,12,14). The molecule has 1 N–H and O–H groups in total. The Hall–Kier alpha value is -0.870. The molecule has 82 valence electrons. The molecule has 1 aromatic rings. The van der Waals surface area contributed by atoms with E-state index in [1.54, 1.807) is 48.0 Å². The molecule has 0 bridgehead atoms. The summed E-state index contributed by atoms with van der Waals surface area (Å²) in [5.74, 6) is 0.666. The fraction of sp³-hybridized carbons (Fsp3) is 0.300. The van der Waals surface area contributed by atoms with Gasteiger partial charge in [0.15, 0.2) is 0 Å². The van der Waals surface area contributed by atoms with Crippen LogP contribution in [0.4, 0.5) is 10.5 Å². The number of hydrogen-bond acceptors (Lipinski definition) is 2. The van der Waals surface area contributed by atoms with Crippen molar-refractivity contribution in [2.75, 3.05) is 24.5 Å². The van der Waals surface area contributed by atoms with Crippen molar-refractivity contribution in [3.8, 4) is 0 Å². The number of nitrogens with one attached hydrogen (secondary N) is 1. The largest absolute Gasteiger partial charge is 0.322 e. The number of amides is 2. The van der Waals surface area contributed by atoms with Gasteiger partial charge in [-0.3, -0.25) is 0 Å². The maximum Gasteiger partial charge on any atom is 0.322 e. The number of halogens is 1. The van der Waals surface area contributed by atoms with Crippen LogP contribution in [-0.2, 0) is 0 Å². The Labute approximate surface area is 98.8 Å². The van der Waals surface area contributed by atoms with Crippen LogP contribution in [0.1, 0.15) is 0 Å². The lowest BCUT2D eigenvalue weighted by Gasteiger charge is -2.16. The quantitative estimate of drug-likeness (QED) is 0.829. The van der Waals surface area contributed by atoms with Gasteiger partial charge in [-0.25, -0.2) is 4.79 Å². The molecule has 0 aromatic heterocycles. The van der Waals surface area contributed by atoms with E-state index in [1.807, 2.05) is 6.26 Å². The minimum Gasteiger partial charge on any atom is -0.318 e. The van der Waals surface area contributed by atoms with Crippen molar-refractivity contribution in [2.45, 2.75) is 0 Å². The van der Waals surface area contributed by atoms with E-state index in [4.69, 9.17) is 11.6 Å². The molecular weight excluding hydrogens is 232 g/mol. The number of nitrogens with zero attached hydrogens (tertiary/aromatic N) is 1. The monoisotopic (exact) mass is 244 g/mol. The van der Waals surface area contributed by atoms with Crippen molar-refractivity contribution >= 4 is 35.1 Å². The van der Waals surface area contributed by atoms with Gasteiger partial charge in [-0.15, -0.1) is 11.8 Å². The molecule has 0 spiro atoms. The van der Waals surface area contributed by atoms with Gasteiger partial charge < -0.3 is 10.2 Å². The summed E-state index contributed by atoms with van der Waals surface area (Å²) in [6.07, 6.45) is 1.95. The normalized spacial score (nSPS) is 9.80. The molecule has 0 atom stereocenters. The van der Waals surface area contributed by atoms with Crippen LogP contribution in [-0.4, -0.2) is 30.1 Å². The predicted octanol–water partition coefficient (Wildman–Crippen LogP) is 3.12. The molecule has 5 heteroatoms. The summed E-state index contributed by atoms with van der Waals surface area (Å²) in [6.45, 7) is 0. The summed E-state index contributed by atoms with van der Waals surface area (Å²) in [5, 5.41) is 3.43. The zero-order valence-electron chi connectivity index (χ0n) is 8.66. The molecule has 0 unspecified atom stereocenters. The molecule has 0 saturated heterocycles. The summed E-state index contributed by atoms with van der Waals surface area (Å²) in [7, 11) is 1.75. The topological polar surface area (TPSA) is 32.3 Å². The van der Waals surface area contributed by atoms with Gasteiger partial charge in [0.05, 0.1) is 5.88 Å². The molecule has 0 heterocycles. The lowest BCUT2D eigenvalue weighted by molar-refractivity contribution is 0.229. The van der Waals surface area contributed by atoms with E-state index in [-0.39, 0.29) is 6.03 Å². The van der Waals surface area contributed by atoms with E-state index in [0.717, 1.165) is 5.69 Å². The molecule has 0 aliphatic carbocycles. The van der Waals surface area contributed by atoms with Gasteiger partial charge in [-0.2, -0.15) is 0 Å². The molecule has 2 amide bonds. The van der Waals surface area contributed by atoms with Crippen molar-refractivity contribution in [3.05, 3.63) is 29.3 Å². The zero-order chi connectivity index (χ0) is 11.3. The molecule has 0 aliphatic rings. The van der Waals surface area contributed by atoms with Crippen LogP contribution in [0, 0.1) is 0 Å². The van der Waals surface area contributed by atoms with Crippen LogP contribution >= 0.6 is 23.4 Å². The second-order valence-corrected chi connectivity index (χ2v) is 4.32. The van der Waals surface area contributed by atoms with Gasteiger partial charge in [-0.05, 0) is 30.5 Å². The molecule has 15 heavy (non-hydrogen) atoms. The molecule has 0 fully saturated rings. The van der Waals surface area contributed by atoms with Crippen molar-refractivity contribution < 1.29 is 4.79 Å². The molecule has 0 radical (unpaired) electrons. The van der Waals surface area contributed by atoms with Gasteiger partial charge in [0.1, 0.15) is 0 Å². The maximum atomic E-state index is 11.6. The second kappa shape index (κ2) is 5.88. The van der Waals surface area contributed by atoms with E-state index < -0.39 is 0 Å². The average molecular weight is 245 g/mol. The third kappa shape index (κ3) is 4.01. The Morgan fingerprint density at radius 1 is 1.47 bits per heavy atom. The van der Waals surface area contributed by atoms with Gasteiger partial charge in [0.25, 0.3) is 0 Å². The summed E-state index contributed by atoms with van der Waals surface area (Å²) >= 11 is 7.33. The van der Waals surface area contributed by atoms with Gasteiger partial charge >= 0.3 is 6.03 Å². The number of urea groups is 1. The molecule has 0 saturated carbocycles. The molecule has 1 aromatic carbocycles. The average Bonchev–Trinajstić information content (AvgIpc) is 2.22. The fourth-order valence-electron chi connectivity index (χ4n) is 1.00. The third-order valence-electron chi connectivity index (χ3n) is 1.76. The first-order valence-electron chi connectivity index (χ1n) is 4.40. The second-order valence-electron chi connectivity index (χ2n) is 3.05. The molecule has 0 aliphatic heterocycles.